The van der Waals surface area contributed by atoms with Crippen molar-refractivity contribution in [1.82, 2.24) is 4.90 Å². The summed E-state index contributed by atoms with van der Waals surface area (Å²) in [4.78, 5) is 3.49. The minimum absolute atomic E-state index is 0.232. The summed E-state index contributed by atoms with van der Waals surface area (Å²) in [5.41, 5.74) is 0.702. The van der Waals surface area contributed by atoms with Gasteiger partial charge in [0.05, 0.1) is 23.9 Å². The lowest BCUT2D eigenvalue weighted by Crippen LogP contribution is -2.48. The first-order valence-corrected chi connectivity index (χ1v) is 6.05. The number of hydrogen-bond acceptors (Lipinski definition) is 3. The second-order valence-electron chi connectivity index (χ2n) is 4.46. The third kappa shape index (κ3) is 3.38. The second-order valence-corrected chi connectivity index (χ2v) is 4.46. The highest BCUT2D eigenvalue weighted by Crippen LogP contribution is 2.21. The topological polar surface area (TPSA) is 30.3 Å². The third-order valence-corrected chi connectivity index (χ3v) is 3.19. The molecular weight excluding hydrogens is 255 g/mol. The summed E-state index contributed by atoms with van der Waals surface area (Å²) in [6.07, 6.45) is -2.34. The molecule has 3 nitrogen and oxygen atoms in total. The number of rotatable bonds is 3. The number of alkyl halides is 2. The molecule has 2 rings (SSSR count). The van der Waals surface area contributed by atoms with Gasteiger partial charge in [0, 0.05) is 26.2 Å². The average molecular weight is 269 g/mol. The van der Waals surface area contributed by atoms with Crippen molar-refractivity contribution in [2.75, 3.05) is 37.6 Å². The summed E-state index contributed by atoms with van der Waals surface area (Å²) in [6, 6.07) is 6.20. The van der Waals surface area contributed by atoms with Crippen molar-refractivity contribution in [2.24, 2.45) is 0 Å². The lowest BCUT2D eigenvalue weighted by molar-refractivity contribution is 0.0853. The molecule has 1 aliphatic rings. The van der Waals surface area contributed by atoms with Gasteiger partial charge in [0.15, 0.2) is 0 Å². The van der Waals surface area contributed by atoms with E-state index in [4.69, 9.17) is 5.26 Å². The molecule has 1 heterocycles. The normalized spacial score (nSPS) is 16.7. The molecule has 0 aromatic heterocycles. The van der Waals surface area contributed by atoms with E-state index in [2.05, 4.69) is 0 Å². The number of nitrogens with zero attached hydrogens (tertiary/aromatic N) is 3. The number of halogens is 3. The Hall–Kier alpha value is -1.74. The Kier molecular flexibility index (Phi) is 4.27. The van der Waals surface area contributed by atoms with Crippen LogP contribution in [0, 0.1) is 17.1 Å². The predicted octanol–water partition coefficient (Wildman–Crippen LogP) is 2.08. The maximum Gasteiger partial charge on any atom is 0.251 e. The maximum atomic E-state index is 13.8. The summed E-state index contributed by atoms with van der Waals surface area (Å²) in [6.45, 7) is 1.77. The maximum absolute atomic E-state index is 13.8. The molecule has 0 amide bonds. The second kappa shape index (κ2) is 5.93. The molecule has 19 heavy (non-hydrogen) atoms. The quantitative estimate of drug-likeness (QED) is 0.841. The zero-order valence-electron chi connectivity index (χ0n) is 10.3. The van der Waals surface area contributed by atoms with Crippen LogP contribution in [0.2, 0.25) is 0 Å². The fourth-order valence-corrected chi connectivity index (χ4v) is 2.20. The summed E-state index contributed by atoms with van der Waals surface area (Å²) in [7, 11) is 0. The molecule has 0 N–H and O–H groups in total. The van der Waals surface area contributed by atoms with Gasteiger partial charge < -0.3 is 4.90 Å². The van der Waals surface area contributed by atoms with Crippen molar-refractivity contribution in [3.8, 4) is 6.07 Å². The highest BCUT2D eigenvalue weighted by atomic mass is 19.3. The van der Waals surface area contributed by atoms with E-state index in [1.54, 1.807) is 17.0 Å². The minimum Gasteiger partial charge on any atom is -0.367 e. The summed E-state index contributed by atoms with van der Waals surface area (Å²) >= 11 is 0. The molecule has 0 bridgehead atoms. The Labute approximate surface area is 109 Å². The molecule has 0 atom stereocenters. The third-order valence-electron chi connectivity index (χ3n) is 3.19. The molecule has 0 unspecified atom stereocenters. The summed E-state index contributed by atoms with van der Waals surface area (Å²) < 4.78 is 38.3. The fraction of sp³-hybridized carbons (Fsp3) is 0.462. The van der Waals surface area contributed by atoms with Gasteiger partial charge >= 0.3 is 0 Å². The molecule has 1 aromatic carbocycles. The van der Waals surface area contributed by atoms with Gasteiger partial charge in [-0.1, -0.05) is 0 Å². The zero-order valence-corrected chi connectivity index (χ0v) is 10.3. The molecule has 6 heteroatoms. The van der Waals surface area contributed by atoms with Crippen molar-refractivity contribution in [3.05, 3.63) is 29.6 Å². The first-order valence-electron chi connectivity index (χ1n) is 6.05. The highest BCUT2D eigenvalue weighted by Gasteiger charge is 2.21. The van der Waals surface area contributed by atoms with Gasteiger partial charge in [-0.3, -0.25) is 4.90 Å². The Morgan fingerprint density at radius 3 is 2.42 bits per heavy atom. The number of anilines is 1. The Bertz CT molecular complexity index is 477. The summed E-state index contributed by atoms with van der Waals surface area (Å²) in [5, 5.41) is 8.67. The van der Waals surface area contributed by atoms with Crippen LogP contribution in [-0.4, -0.2) is 44.0 Å². The first kappa shape index (κ1) is 13.7. The van der Waals surface area contributed by atoms with Gasteiger partial charge in [-0.25, -0.2) is 13.2 Å². The van der Waals surface area contributed by atoms with Gasteiger partial charge in [0.1, 0.15) is 5.82 Å². The van der Waals surface area contributed by atoms with Gasteiger partial charge in [-0.15, -0.1) is 0 Å². The molecule has 0 aliphatic carbocycles. The number of piperazine rings is 1. The zero-order chi connectivity index (χ0) is 13.8. The molecular formula is C13H14F3N3. The summed E-state index contributed by atoms with van der Waals surface area (Å²) in [5.74, 6) is -0.443. The van der Waals surface area contributed by atoms with E-state index in [9.17, 15) is 13.2 Å². The smallest absolute Gasteiger partial charge is 0.251 e. The average Bonchev–Trinajstić information content (AvgIpc) is 2.39. The lowest BCUT2D eigenvalue weighted by Gasteiger charge is -2.36. The van der Waals surface area contributed by atoms with Crippen LogP contribution in [0.15, 0.2) is 18.2 Å². The van der Waals surface area contributed by atoms with E-state index in [0.717, 1.165) is 0 Å². The Balaban J connectivity index is 2.00. The van der Waals surface area contributed by atoms with Gasteiger partial charge in [0.25, 0.3) is 6.43 Å². The molecule has 0 radical (unpaired) electrons. The Morgan fingerprint density at radius 1 is 1.21 bits per heavy atom. The first-order chi connectivity index (χ1) is 9.10. The number of nitriles is 1. The van der Waals surface area contributed by atoms with Crippen LogP contribution in [0.4, 0.5) is 18.9 Å². The van der Waals surface area contributed by atoms with Crippen LogP contribution in [0.1, 0.15) is 5.56 Å². The monoisotopic (exact) mass is 269 g/mol. The minimum atomic E-state index is -2.34. The molecule has 1 fully saturated rings. The van der Waals surface area contributed by atoms with Crippen molar-refractivity contribution < 1.29 is 13.2 Å². The molecule has 1 aliphatic heterocycles. The van der Waals surface area contributed by atoms with Gasteiger partial charge in [0.2, 0.25) is 0 Å². The van der Waals surface area contributed by atoms with Crippen LogP contribution in [0.3, 0.4) is 0 Å². The predicted molar refractivity (Wildman–Crippen MR) is 65.8 cm³/mol. The molecule has 102 valence electrons. The van der Waals surface area contributed by atoms with Crippen molar-refractivity contribution >= 4 is 5.69 Å². The van der Waals surface area contributed by atoms with E-state index >= 15 is 0 Å². The van der Waals surface area contributed by atoms with Crippen LogP contribution in [0.5, 0.6) is 0 Å². The SMILES string of the molecule is N#Cc1ccc(N2CCN(CC(F)F)CC2)c(F)c1. The lowest BCUT2D eigenvalue weighted by atomic mass is 10.2. The van der Waals surface area contributed by atoms with E-state index in [-0.39, 0.29) is 12.1 Å². The van der Waals surface area contributed by atoms with Crippen LogP contribution in [0.25, 0.3) is 0 Å². The Morgan fingerprint density at radius 2 is 1.89 bits per heavy atom. The molecule has 0 spiro atoms. The number of benzene rings is 1. The van der Waals surface area contributed by atoms with Crippen molar-refractivity contribution in [2.45, 2.75) is 6.43 Å². The standard InChI is InChI=1S/C13H14F3N3/c14-11-7-10(8-17)1-2-12(11)19-5-3-18(4-6-19)9-13(15)16/h1-2,7,13H,3-6,9H2. The fourth-order valence-electron chi connectivity index (χ4n) is 2.20. The van der Waals surface area contributed by atoms with E-state index < -0.39 is 12.2 Å². The molecule has 1 saturated heterocycles. The molecule has 1 aromatic rings. The van der Waals surface area contributed by atoms with Crippen molar-refractivity contribution in [3.63, 3.8) is 0 Å². The van der Waals surface area contributed by atoms with Crippen LogP contribution >= 0.6 is 0 Å². The molecule has 0 saturated carbocycles. The van der Waals surface area contributed by atoms with Gasteiger partial charge in [-0.2, -0.15) is 5.26 Å². The van der Waals surface area contributed by atoms with E-state index in [1.807, 2.05) is 11.0 Å². The van der Waals surface area contributed by atoms with Gasteiger partial charge in [-0.05, 0) is 18.2 Å². The van der Waals surface area contributed by atoms with Crippen LogP contribution in [-0.2, 0) is 0 Å². The largest absolute Gasteiger partial charge is 0.367 e. The van der Waals surface area contributed by atoms with E-state index in [0.29, 0.717) is 31.9 Å². The van der Waals surface area contributed by atoms with E-state index in [1.165, 1.54) is 6.07 Å². The number of hydrogen-bond donors (Lipinski definition) is 0. The van der Waals surface area contributed by atoms with Crippen LogP contribution < -0.4 is 4.90 Å². The highest BCUT2D eigenvalue weighted by molar-refractivity contribution is 5.51. The van der Waals surface area contributed by atoms with Crippen molar-refractivity contribution in [1.29, 1.82) is 5.26 Å².